The second kappa shape index (κ2) is 3.19. The van der Waals surface area contributed by atoms with E-state index in [1.807, 2.05) is 11.8 Å². The van der Waals surface area contributed by atoms with Gasteiger partial charge >= 0.3 is 0 Å². The van der Waals surface area contributed by atoms with E-state index in [0.717, 1.165) is 18.1 Å². The molecule has 0 bridgehead atoms. The first-order valence-electron chi connectivity index (χ1n) is 3.51. The summed E-state index contributed by atoms with van der Waals surface area (Å²) < 4.78 is 0. The van der Waals surface area contributed by atoms with Gasteiger partial charge in [-0.25, -0.2) is 0 Å². The number of rotatable bonds is 1. The summed E-state index contributed by atoms with van der Waals surface area (Å²) >= 11 is 1.92. The molecular formula is C5H9N5S. The topological polar surface area (TPSA) is 66.5 Å². The van der Waals surface area contributed by atoms with Gasteiger partial charge in [-0.05, 0) is 0 Å². The number of aromatic amines is 1. The molecule has 0 aliphatic carbocycles. The fourth-order valence-electron chi connectivity index (χ4n) is 1.05. The van der Waals surface area contributed by atoms with Crippen LogP contribution in [0.25, 0.3) is 0 Å². The van der Waals surface area contributed by atoms with Crippen LogP contribution in [0.1, 0.15) is 11.9 Å². The number of H-pyrrole nitrogens is 1. The largest absolute Gasteiger partial charge is 0.306 e. The summed E-state index contributed by atoms with van der Waals surface area (Å²) in [6.07, 6.45) is 0. The third-order valence-electron chi connectivity index (χ3n) is 1.60. The highest BCUT2D eigenvalue weighted by Crippen LogP contribution is 2.17. The summed E-state index contributed by atoms with van der Waals surface area (Å²) in [4.78, 5) is 0. The molecule has 5 nitrogen and oxygen atoms in total. The molecule has 1 saturated heterocycles. The Bertz CT molecular complexity index is 205. The normalized spacial score (nSPS) is 25.3. The van der Waals surface area contributed by atoms with E-state index in [-0.39, 0.29) is 6.04 Å². The third-order valence-corrected chi connectivity index (χ3v) is 2.66. The molecule has 60 valence electrons. The first-order chi connectivity index (χ1) is 5.47. The van der Waals surface area contributed by atoms with Gasteiger partial charge in [-0.3, -0.25) is 0 Å². The van der Waals surface area contributed by atoms with Gasteiger partial charge in [0.05, 0.1) is 6.04 Å². The van der Waals surface area contributed by atoms with Crippen molar-refractivity contribution in [1.82, 2.24) is 25.9 Å². The maximum atomic E-state index is 3.92. The van der Waals surface area contributed by atoms with E-state index >= 15 is 0 Å². The summed E-state index contributed by atoms with van der Waals surface area (Å²) in [6.45, 7) is 1.03. The lowest BCUT2D eigenvalue weighted by molar-refractivity contribution is 0.565. The molecule has 2 rings (SSSR count). The van der Waals surface area contributed by atoms with Gasteiger partial charge in [0.25, 0.3) is 0 Å². The molecule has 2 N–H and O–H groups in total. The van der Waals surface area contributed by atoms with Crippen LogP contribution in [0.5, 0.6) is 0 Å². The average molecular weight is 171 g/mol. The first-order valence-corrected chi connectivity index (χ1v) is 4.67. The van der Waals surface area contributed by atoms with Crippen LogP contribution >= 0.6 is 11.8 Å². The van der Waals surface area contributed by atoms with Crippen molar-refractivity contribution in [3.05, 3.63) is 5.82 Å². The Kier molecular flexibility index (Phi) is 2.04. The molecule has 0 saturated carbocycles. The van der Waals surface area contributed by atoms with E-state index in [1.165, 1.54) is 5.75 Å². The molecule has 1 aromatic heterocycles. The van der Waals surface area contributed by atoms with Crippen LogP contribution in [0.15, 0.2) is 0 Å². The van der Waals surface area contributed by atoms with Crippen LogP contribution in [-0.4, -0.2) is 38.7 Å². The number of thioether (sulfide) groups is 1. The van der Waals surface area contributed by atoms with Crippen molar-refractivity contribution in [2.45, 2.75) is 6.04 Å². The summed E-state index contributed by atoms with van der Waals surface area (Å²) in [6, 6.07) is 0.285. The highest BCUT2D eigenvalue weighted by atomic mass is 32.2. The van der Waals surface area contributed by atoms with Gasteiger partial charge < -0.3 is 5.32 Å². The third kappa shape index (κ3) is 1.51. The number of tetrazole rings is 1. The van der Waals surface area contributed by atoms with Gasteiger partial charge in [0.1, 0.15) is 0 Å². The lowest BCUT2D eigenvalue weighted by Gasteiger charge is -2.19. The van der Waals surface area contributed by atoms with Crippen molar-refractivity contribution >= 4 is 11.8 Å². The van der Waals surface area contributed by atoms with Crippen molar-refractivity contribution in [2.24, 2.45) is 0 Å². The minimum Gasteiger partial charge on any atom is -0.306 e. The minimum atomic E-state index is 0.285. The lowest BCUT2D eigenvalue weighted by atomic mass is 10.3. The second-order valence-electron chi connectivity index (χ2n) is 2.35. The Balaban J connectivity index is 2.04. The molecule has 1 aromatic rings. The van der Waals surface area contributed by atoms with Crippen LogP contribution in [0.2, 0.25) is 0 Å². The number of nitrogens with zero attached hydrogens (tertiary/aromatic N) is 3. The second-order valence-corrected chi connectivity index (χ2v) is 3.50. The average Bonchev–Trinajstić information content (AvgIpc) is 2.58. The molecular weight excluding hydrogens is 162 g/mol. The van der Waals surface area contributed by atoms with E-state index in [4.69, 9.17) is 0 Å². The highest BCUT2D eigenvalue weighted by Gasteiger charge is 2.18. The van der Waals surface area contributed by atoms with Gasteiger partial charge in [-0.2, -0.15) is 17.0 Å². The Morgan fingerprint density at radius 2 is 2.55 bits per heavy atom. The molecule has 1 aliphatic heterocycles. The fraction of sp³-hybridized carbons (Fsp3) is 0.800. The molecule has 1 aliphatic rings. The summed E-state index contributed by atoms with van der Waals surface area (Å²) in [5.41, 5.74) is 0. The Hall–Kier alpha value is -0.620. The number of hydrogen-bond donors (Lipinski definition) is 2. The molecule has 1 fully saturated rings. The predicted molar refractivity (Wildman–Crippen MR) is 42.2 cm³/mol. The molecule has 0 amide bonds. The van der Waals surface area contributed by atoms with Crippen LogP contribution in [0, 0.1) is 0 Å². The van der Waals surface area contributed by atoms with E-state index in [1.54, 1.807) is 0 Å². The first kappa shape index (κ1) is 7.05. The zero-order valence-electron chi connectivity index (χ0n) is 5.95. The van der Waals surface area contributed by atoms with Crippen molar-refractivity contribution in [2.75, 3.05) is 18.1 Å². The van der Waals surface area contributed by atoms with Crippen LogP contribution in [0.3, 0.4) is 0 Å². The van der Waals surface area contributed by atoms with E-state index in [0.29, 0.717) is 0 Å². The number of hydrogen-bond acceptors (Lipinski definition) is 5. The van der Waals surface area contributed by atoms with Crippen molar-refractivity contribution in [1.29, 1.82) is 0 Å². The predicted octanol–water partition coefficient (Wildman–Crippen LogP) is -0.423. The molecule has 0 unspecified atom stereocenters. The molecule has 2 heterocycles. The molecule has 0 aromatic carbocycles. The number of aromatic nitrogens is 4. The van der Waals surface area contributed by atoms with E-state index in [2.05, 4.69) is 25.9 Å². The molecule has 1 atom stereocenters. The maximum Gasteiger partial charge on any atom is 0.192 e. The molecule has 0 spiro atoms. The van der Waals surface area contributed by atoms with Crippen molar-refractivity contribution < 1.29 is 0 Å². The summed E-state index contributed by atoms with van der Waals surface area (Å²) in [7, 11) is 0. The highest BCUT2D eigenvalue weighted by molar-refractivity contribution is 7.99. The SMILES string of the molecule is C1CSC[C@@H](c2nn[nH]n2)N1. The van der Waals surface area contributed by atoms with Gasteiger partial charge in [-0.15, -0.1) is 10.2 Å². The van der Waals surface area contributed by atoms with Gasteiger partial charge in [0.2, 0.25) is 0 Å². The minimum absolute atomic E-state index is 0.285. The van der Waals surface area contributed by atoms with Gasteiger partial charge in [-0.1, -0.05) is 5.21 Å². The standard InChI is InChI=1S/C5H9N5S/c1-2-11-3-4(6-1)5-7-9-10-8-5/h4,6H,1-3H2,(H,7,8,9,10)/t4-/m0/s1. The fourth-order valence-corrected chi connectivity index (χ4v) is 1.98. The molecule has 11 heavy (non-hydrogen) atoms. The summed E-state index contributed by atoms with van der Waals surface area (Å²) in [5, 5.41) is 17.1. The Labute approximate surface area is 68.3 Å². The Morgan fingerprint density at radius 1 is 1.55 bits per heavy atom. The monoisotopic (exact) mass is 171 g/mol. The van der Waals surface area contributed by atoms with E-state index in [9.17, 15) is 0 Å². The Morgan fingerprint density at radius 3 is 3.18 bits per heavy atom. The molecule has 0 radical (unpaired) electrons. The van der Waals surface area contributed by atoms with Crippen LogP contribution in [0.4, 0.5) is 0 Å². The summed E-state index contributed by atoms with van der Waals surface area (Å²) in [5.74, 6) is 2.99. The van der Waals surface area contributed by atoms with Gasteiger partial charge in [0, 0.05) is 18.1 Å². The lowest BCUT2D eigenvalue weighted by Crippen LogP contribution is -2.31. The van der Waals surface area contributed by atoms with Crippen molar-refractivity contribution in [3.63, 3.8) is 0 Å². The van der Waals surface area contributed by atoms with Crippen LogP contribution < -0.4 is 5.32 Å². The van der Waals surface area contributed by atoms with Gasteiger partial charge in [0.15, 0.2) is 5.82 Å². The maximum absolute atomic E-state index is 3.92. The van der Waals surface area contributed by atoms with Crippen LogP contribution in [-0.2, 0) is 0 Å². The molecule has 6 heteroatoms. The smallest absolute Gasteiger partial charge is 0.192 e. The quantitative estimate of drug-likeness (QED) is 0.600. The zero-order chi connectivity index (χ0) is 7.52. The zero-order valence-corrected chi connectivity index (χ0v) is 6.77. The van der Waals surface area contributed by atoms with E-state index < -0.39 is 0 Å². The number of nitrogens with one attached hydrogen (secondary N) is 2. The van der Waals surface area contributed by atoms with Crippen molar-refractivity contribution in [3.8, 4) is 0 Å².